The second-order valence-electron chi connectivity index (χ2n) is 5.81. The van der Waals surface area contributed by atoms with E-state index in [0.717, 1.165) is 40.2 Å². The monoisotopic (exact) mass is 344 g/mol. The lowest BCUT2D eigenvalue weighted by molar-refractivity contribution is 0.0735. The summed E-state index contributed by atoms with van der Waals surface area (Å²) in [7, 11) is 0. The first-order valence-electron chi connectivity index (χ1n) is 7.75. The minimum absolute atomic E-state index is 0.108. The number of nitrogens with zero attached hydrogens (tertiary/aromatic N) is 2. The molecule has 3 aromatic rings. The molecule has 3 nitrogen and oxygen atoms in total. The number of likely N-dealkylation sites (tertiary alicyclic amines) is 1. The molecule has 1 aromatic heterocycles. The summed E-state index contributed by atoms with van der Waals surface area (Å²) in [6, 6.07) is 11.0. The molecule has 0 aliphatic carbocycles. The predicted octanol–water partition coefficient (Wildman–Crippen LogP) is 4.55. The number of halogens is 2. The van der Waals surface area contributed by atoms with Gasteiger partial charge in [-0.2, -0.15) is 0 Å². The molecule has 0 radical (unpaired) electrons. The molecule has 1 aliphatic rings. The van der Waals surface area contributed by atoms with Gasteiger partial charge in [0.05, 0.1) is 16.3 Å². The minimum Gasteiger partial charge on any atom is -0.329 e. The van der Waals surface area contributed by atoms with Gasteiger partial charge >= 0.3 is 0 Å². The van der Waals surface area contributed by atoms with E-state index in [1.54, 1.807) is 16.2 Å². The minimum atomic E-state index is -1.00. The lowest BCUT2D eigenvalue weighted by Crippen LogP contribution is -2.30. The molecule has 24 heavy (non-hydrogen) atoms. The molecular weight excluding hydrogens is 330 g/mol. The van der Waals surface area contributed by atoms with Crippen LogP contribution in [-0.4, -0.2) is 22.3 Å². The number of carbonyl (C=O) groups excluding carboxylic acids is 1. The number of hydrogen-bond acceptors (Lipinski definition) is 3. The highest BCUT2D eigenvalue weighted by atomic mass is 32.1. The van der Waals surface area contributed by atoms with Gasteiger partial charge in [-0.25, -0.2) is 13.8 Å². The van der Waals surface area contributed by atoms with Crippen molar-refractivity contribution >= 4 is 27.5 Å². The van der Waals surface area contributed by atoms with Crippen LogP contribution in [0, 0.1) is 11.6 Å². The average Bonchev–Trinajstić information content (AvgIpc) is 3.22. The Morgan fingerprint density at radius 1 is 1.17 bits per heavy atom. The van der Waals surface area contributed by atoms with E-state index in [4.69, 9.17) is 0 Å². The number of hydrogen-bond donors (Lipinski definition) is 0. The third-order valence-corrected chi connectivity index (χ3v) is 5.41. The second-order valence-corrected chi connectivity index (χ2v) is 6.87. The van der Waals surface area contributed by atoms with Gasteiger partial charge in [0.15, 0.2) is 11.6 Å². The molecule has 0 unspecified atom stereocenters. The number of benzene rings is 2. The van der Waals surface area contributed by atoms with E-state index in [1.165, 1.54) is 6.07 Å². The van der Waals surface area contributed by atoms with E-state index >= 15 is 0 Å². The van der Waals surface area contributed by atoms with Crippen LogP contribution in [0.3, 0.4) is 0 Å². The number of rotatable bonds is 2. The van der Waals surface area contributed by atoms with Crippen LogP contribution < -0.4 is 0 Å². The van der Waals surface area contributed by atoms with Gasteiger partial charge in [0, 0.05) is 12.1 Å². The molecule has 1 amide bonds. The summed E-state index contributed by atoms with van der Waals surface area (Å²) in [5.74, 6) is -2.23. The van der Waals surface area contributed by atoms with Crippen LogP contribution in [0.5, 0.6) is 0 Å². The van der Waals surface area contributed by atoms with Crippen LogP contribution in [0.25, 0.3) is 10.2 Å². The molecule has 1 atom stereocenters. The van der Waals surface area contributed by atoms with Gasteiger partial charge < -0.3 is 4.90 Å². The quantitative estimate of drug-likeness (QED) is 0.683. The molecule has 6 heteroatoms. The highest BCUT2D eigenvalue weighted by Crippen LogP contribution is 2.37. The number of fused-ring (bicyclic) bond motifs is 1. The Kier molecular flexibility index (Phi) is 3.76. The molecule has 1 fully saturated rings. The fraction of sp³-hybridized carbons (Fsp3) is 0.222. The Labute approximate surface area is 141 Å². The molecule has 0 bridgehead atoms. The van der Waals surface area contributed by atoms with E-state index < -0.39 is 11.6 Å². The Bertz CT molecular complexity index is 891. The number of thiazole rings is 1. The molecule has 1 saturated heterocycles. The molecule has 122 valence electrons. The number of amides is 1. The molecule has 0 N–H and O–H groups in total. The van der Waals surface area contributed by atoms with Gasteiger partial charge in [0.25, 0.3) is 5.91 Å². The first-order valence-corrected chi connectivity index (χ1v) is 8.56. The Hall–Kier alpha value is -2.34. The zero-order valence-electron chi connectivity index (χ0n) is 12.7. The van der Waals surface area contributed by atoms with Crippen LogP contribution in [-0.2, 0) is 0 Å². The third kappa shape index (κ3) is 2.57. The number of carbonyl (C=O) groups is 1. The summed E-state index contributed by atoms with van der Waals surface area (Å²) in [6.45, 7) is 0.596. The first kappa shape index (κ1) is 15.2. The average molecular weight is 344 g/mol. The summed E-state index contributed by atoms with van der Waals surface area (Å²) in [5, 5.41) is 0.893. The maximum atomic E-state index is 13.4. The van der Waals surface area contributed by atoms with Crippen molar-refractivity contribution in [3.8, 4) is 0 Å². The molecule has 0 spiro atoms. The highest BCUT2D eigenvalue weighted by Gasteiger charge is 2.33. The maximum absolute atomic E-state index is 13.4. The second kappa shape index (κ2) is 5.94. The normalized spacial score (nSPS) is 17.6. The van der Waals surface area contributed by atoms with E-state index in [2.05, 4.69) is 4.98 Å². The van der Waals surface area contributed by atoms with Crippen molar-refractivity contribution in [2.24, 2.45) is 0 Å². The van der Waals surface area contributed by atoms with Crippen LogP contribution in [0.15, 0.2) is 42.5 Å². The number of para-hydroxylation sites is 1. The maximum Gasteiger partial charge on any atom is 0.254 e. The molecule has 0 saturated carbocycles. The van der Waals surface area contributed by atoms with Crippen LogP contribution in [0.1, 0.15) is 34.2 Å². The van der Waals surface area contributed by atoms with Gasteiger partial charge in [-0.1, -0.05) is 12.1 Å². The fourth-order valence-electron chi connectivity index (χ4n) is 3.09. The van der Waals surface area contributed by atoms with E-state index in [0.29, 0.717) is 6.54 Å². The molecule has 1 aliphatic heterocycles. The lowest BCUT2D eigenvalue weighted by atomic mass is 10.1. The van der Waals surface area contributed by atoms with Gasteiger partial charge in [-0.3, -0.25) is 4.79 Å². The Morgan fingerprint density at radius 2 is 2.00 bits per heavy atom. The van der Waals surface area contributed by atoms with Gasteiger partial charge in [-0.05, 0) is 43.2 Å². The Morgan fingerprint density at radius 3 is 2.79 bits per heavy atom. The van der Waals surface area contributed by atoms with E-state index in [-0.39, 0.29) is 17.5 Å². The van der Waals surface area contributed by atoms with E-state index in [1.807, 2.05) is 24.3 Å². The molecular formula is C18H14F2N2OS. The molecule has 2 heterocycles. The molecule has 2 aromatic carbocycles. The van der Waals surface area contributed by atoms with Crippen molar-refractivity contribution in [2.75, 3.05) is 6.54 Å². The van der Waals surface area contributed by atoms with Crippen LogP contribution in [0.2, 0.25) is 0 Å². The van der Waals surface area contributed by atoms with Gasteiger partial charge in [0.2, 0.25) is 0 Å². The summed E-state index contributed by atoms with van der Waals surface area (Å²) in [4.78, 5) is 19.1. The van der Waals surface area contributed by atoms with Crippen molar-refractivity contribution in [1.29, 1.82) is 0 Å². The molecule has 4 rings (SSSR count). The highest BCUT2D eigenvalue weighted by molar-refractivity contribution is 7.18. The smallest absolute Gasteiger partial charge is 0.254 e. The summed E-state index contributed by atoms with van der Waals surface area (Å²) < 4.78 is 27.6. The van der Waals surface area contributed by atoms with E-state index in [9.17, 15) is 13.6 Å². The van der Waals surface area contributed by atoms with Gasteiger partial charge in [-0.15, -0.1) is 11.3 Å². The topological polar surface area (TPSA) is 33.2 Å². The fourth-order valence-corrected chi connectivity index (χ4v) is 4.21. The standard InChI is InChI=1S/C18H14F2N2OS/c19-12-8-7-11(10-13(12)20)18(23)22-9-3-5-15(22)17-21-14-4-1-2-6-16(14)24-17/h1-2,4,6-8,10,15H,3,5,9H2/t15-/m0/s1. The predicted molar refractivity (Wildman–Crippen MR) is 89.0 cm³/mol. The largest absolute Gasteiger partial charge is 0.329 e. The first-order chi connectivity index (χ1) is 11.6. The van der Waals surface area contributed by atoms with Crippen molar-refractivity contribution in [2.45, 2.75) is 18.9 Å². The van der Waals surface area contributed by atoms with Crippen molar-refractivity contribution in [1.82, 2.24) is 9.88 Å². The van der Waals surface area contributed by atoms with Crippen LogP contribution in [0.4, 0.5) is 8.78 Å². The lowest BCUT2D eigenvalue weighted by Gasteiger charge is -2.23. The van der Waals surface area contributed by atoms with Crippen molar-refractivity contribution < 1.29 is 13.6 Å². The number of aromatic nitrogens is 1. The van der Waals surface area contributed by atoms with Gasteiger partial charge in [0.1, 0.15) is 5.01 Å². The summed E-state index contributed by atoms with van der Waals surface area (Å²) in [6.07, 6.45) is 1.70. The zero-order valence-corrected chi connectivity index (χ0v) is 13.5. The van der Waals surface area contributed by atoms with Crippen molar-refractivity contribution in [3.63, 3.8) is 0 Å². The SMILES string of the molecule is O=C(c1ccc(F)c(F)c1)N1CCC[C@H]1c1nc2ccccc2s1. The summed E-state index contributed by atoms with van der Waals surface area (Å²) in [5.41, 5.74) is 1.09. The zero-order chi connectivity index (χ0) is 16.7. The Balaban J connectivity index is 1.66. The third-order valence-electron chi connectivity index (χ3n) is 4.28. The van der Waals surface area contributed by atoms with Crippen LogP contribution >= 0.6 is 11.3 Å². The summed E-state index contributed by atoms with van der Waals surface area (Å²) >= 11 is 1.58. The van der Waals surface area contributed by atoms with Crippen molar-refractivity contribution in [3.05, 3.63) is 64.7 Å².